The fourth-order valence-corrected chi connectivity index (χ4v) is 6.22. The van der Waals surface area contributed by atoms with Gasteiger partial charge in [0.2, 0.25) is 0 Å². The van der Waals surface area contributed by atoms with Crippen LogP contribution >= 0.6 is 0 Å². The van der Waals surface area contributed by atoms with Crippen LogP contribution in [0.25, 0.3) is 11.1 Å². The van der Waals surface area contributed by atoms with Crippen molar-refractivity contribution in [1.82, 2.24) is 19.8 Å². The molecule has 0 saturated carbocycles. The maximum atomic E-state index is 13.4. The Hall–Kier alpha value is -4.85. The number of aromatic nitrogens is 2. The van der Waals surface area contributed by atoms with E-state index in [1.807, 2.05) is 11.6 Å². The van der Waals surface area contributed by atoms with Crippen LogP contribution in [0.15, 0.2) is 89.8 Å². The molecule has 4 aromatic rings. The van der Waals surface area contributed by atoms with Gasteiger partial charge < -0.3 is 20.3 Å². The normalized spacial score (nSPS) is 12.7. The number of ether oxygens (including phenoxy) is 1. The number of hydrogen-bond acceptors (Lipinski definition) is 8. The number of sulfonamides is 1. The molecular formula is C33H36N4O8S. The zero-order valence-electron chi connectivity index (χ0n) is 25.4. The molecule has 2 amide bonds. The Bertz CT molecular complexity index is 1780. The van der Waals surface area contributed by atoms with Gasteiger partial charge in [0.25, 0.3) is 21.8 Å². The first kappa shape index (κ1) is 34.0. The fraction of sp³-hybridized carbons (Fsp3) is 0.273. The first-order valence-electron chi connectivity index (χ1n) is 14.6. The number of benzene rings is 3. The Balaban J connectivity index is 1.66. The Morgan fingerprint density at radius 2 is 1.63 bits per heavy atom. The average molecular weight is 649 g/mol. The summed E-state index contributed by atoms with van der Waals surface area (Å²) in [4.78, 5) is 37.0. The van der Waals surface area contributed by atoms with Crippen LogP contribution in [0.5, 0.6) is 0 Å². The molecule has 12 nitrogen and oxygen atoms in total. The van der Waals surface area contributed by atoms with E-state index in [4.69, 9.17) is 4.74 Å². The largest absolute Gasteiger partial charge is 0.479 e. The number of nitrogens with one attached hydrogen (secondary N) is 2. The molecule has 0 bridgehead atoms. The monoisotopic (exact) mass is 648 g/mol. The summed E-state index contributed by atoms with van der Waals surface area (Å²) in [6.45, 7) is 1.61. The second kappa shape index (κ2) is 15.4. The van der Waals surface area contributed by atoms with Gasteiger partial charge in [-0.2, -0.15) is 5.10 Å². The van der Waals surface area contributed by atoms with E-state index in [2.05, 4.69) is 10.4 Å². The van der Waals surface area contributed by atoms with Crippen molar-refractivity contribution in [3.63, 3.8) is 0 Å². The molecule has 1 heterocycles. The van der Waals surface area contributed by atoms with Gasteiger partial charge in [-0.15, -0.1) is 0 Å². The van der Waals surface area contributed by atoms with E-state index < -0.39 is 46.6 Å². The van der Waals surface area contributed by atoms with Gasteiger partial charge in [-0.1, -0.05) is 86.1 Å². The number of hydrogen-bond donors (Lipinski definition) is 4. The van der Waals surface area contributed by atoms with Gasteiger partial charge in [-0.05, 0) is 41.7 Å². The number of carbonyl (C=O) groups is 3. The number of nitrogens with zero attached hydrogens (tertiary/aromatic N) is 2. The molecule has 1 aromatic heterocycles. The molecule has 4 N–H and O–H groups in total. The lowest BCUT2D eigenvalue weighted by Crippen LogP contribution is -2.48. The number of carbonyl (C=O) groups excluding carboxylic acids is 2. The van der Waals surface area contributed by atoms with E-state index in [0.29, 0.717) is 28.8 Å². The second-order valence-electron chi connectivity index (χ2n) is 10.6. The predicted molar refractivity (Wildman–Crippen MR) is 169 cm³/mol. The van der Waals surface area contributed by atoms with E-state index in [0.717, 1.165) is 12.0 Å². The number of carboxylic acids is 1. The van der Waals surface area contributed by atoms with Gasteiger partial charge in [0.15, 0.2) is 6.10 Å². The molecular weight excluding hydrogens is 612 g/mol. The van der Waals surface area contributed by atoms with Crippen molar-refractivity contribution in [1.29, 1.82) is 0 Å². The standard InChI is InChI=1S/C33H36N4O8S/c1-3-10-25-19-28(32(40)34-27(31(39)33(41)42)17-22-11-6-4-7-12-22)35-37(25)20-23-15-16-26(24-13-8-5-9-14-24)29(18-23)46(43,44)36-30(38)21-45-2/h4-9,11-16,18-19,27,31,39H,3,10,17,20-21H2,1-2H3,(H,34,40)(H,36,38)(H,41,42)/t27-,31-/m1/s1. The third-order valence-corrected chi connectivity index (χ3v) is 8.54. The molecule has 0 fully saturated rings. The topological polar surface area (TPSA) is 177 Å². The zero-order valence-corrected chi connectivity index (χ0v) is 26.2. The van der Waals surface area contributed by atoms with E-state index in [1.54, 1.807) is 83.5 Å². The summed E-state index contributed by atoms with van der Waals surface area (Å²) in [5.41, 5.74) is 2.99. The number of amides is 2. The smallest absolute Gasteiger partial charge is 0.334 e. The van der Waals surface area contributed by atoms with Crippen LogP contribution in [0.1, 0.15) is 40.7 Å². The lowest BCUT2D eigenvalue weighted by atomic mass is 10.0. The molecule has 13 heteroatoms. The fourth-order valence-electron chi connectivity index (χ4n) is 4.97. The van der Waals surface area contributed by atoms with Crippen LogP contribution in [0.4, 0.5) is 0 Å². The average Bonchev–Trinajstić information content (AvgIpc) is 3.43. The highest BCUT2D eigenvalue weighted by Gasteiger charge is 2.29. The maximum Gasteiger partial charge on any atom is 0.334 e. The lowest BCUT2D eigenvalue weighted by Gasteiger charge is -2.21. The van der Waals surface area contributed by atoms with Crippen molar-refractivity contribution in [2.45, 2.75) is 49.8 Å². The number of carboxylic acid groups (broad SMARTS) is 1. The third kappa shape index (κ3) is 8.65. The zero-order chi connectivity index (χ0) is 33.3. The molecule has 0 aliphatic heterocycles. The van der Waals surface area contributed by atoms with Crippen LogP contribution in [-0.2, 0) is 43.7 Å². The molecule has 0 spiro atoms. The van der Waals surface area contributed by atoms with Gasteiger partial charge in [0.1, 0.15) is 12.3 Å². The van der Waals surface area contributed by atoms with E-state index in [9.17, 15) is 33.0 Å². The van der Waals surface area contributed by atoms with Crippen LogP contribution in [-0.4, -0.2) is 72.1 Å². The van der Waals surface area contributed by atoms with Crippen LogP contribution in [0, 0.1) is 0 Å². The molecule has 2 atom stereocenters. The van der Waals surface area contributed by atoms with Gasteiger partial charge in [0, 0.05) is 18.4 Å². The van der Waals surface area contributed by atoms with Crippen molar-refractivity contribution in [3.8, 4) is 11.1 Å². The first-order valence-corrected chi connectivity index (χ1v) is 16.1. The molecule has 242 valence electrons. The third-order valence-electron chi connectivity index (χ3n) is 7.13. The molecule has 0 aliphatic carbocycles. The number of aliphatic hydroxyl groups excluding tert-OH is 1. The summed E-state index contributed by atoms with van der Waals surface area (Å²) in [6.07, 6.45) is -0.506. The minimum absolute atomic E-state index is 0.0136. The minimum Gasteiger partial charge on any atom is -0.479 e. The minimum atomic E-state index is -4.30. The number of aliphatic carboxylic acids is 1. The summed E-state index contributed by atoms with van der Waals surface area (Å²) in [7, 11) is -3.02. The van der Waals surface area contributed by atoms with Crippen molar-refractivity contribution in [2.75, 3.05) is 13.7 Å². The van der Waals surface area contributed by atoms with Crippen LogP contribution in [0.3, 0.4) is 0 Å². The molecule has 4 rings (SSSR count). The highest BCUT2D eigenvalue weighted by molar-refractivity contribution is 7.90. The van der Waals surface area contributed by atoms with E-state index in [1.165, 1.54) is 13.2 Å². The summed E-state index contributed by atoms with van der Waals surface area (Å²) in [6, 6.07) is 23.1. The summed E-state index contributed by atoms with van der Waals surface area (Å²) in [5, 5.41) is 26.9. The summed E-state index contributed by atoms with van der Waals surface area (Å²) in [5.74, 6) is -2.96. The molecule has 0 radical (unpaired) electrons. The van der Waals surface area contributed by atoms with Gasteiger partial charge >= 0.3 is 5.97 Å². The van der Waals surface area contributed by atoms with Crippen LogP contribution < -0.4 is 10.0 Å². The quantitative estimate of drug-likeness (QED) is 0.151. The number of methoxy groups -OCH3 is 1. The highest BCUT2D eigenvalue weighted by atomic mass is 32.2. The first-order chi connectivity index (χ1) is 22.0. The Morgan fingerprint density at radius 1 is 0.957 bits per heavy atom. The summed E-state index contributed by atoms with van der Waals surface area (Å²) < 4.78 is 35.2. The SMILES string of the molecule is CCCc1cc(C(=O)N[C@H](Cc2ccccc2)[C@@H](O)C(=O)O)nn1Cc1ccc(-c2ccccc2)c(S(=O)(=O)NC(=O)COC)c1. The van der Waals surface area contributed by atoms with Gasteiger partial charge in [-0.3, -0.25) is 14.3 Å². The van der Waals surface area contributed by atoms with Crippen molar-refractivity contribution >= 4 is 27.8 Å². The van der Waals surface area contributed by atoms with Crippen molar-refractivity contribution in [3.05, 3.63) is 107 Å². The number of rotatable bonds is 15. The number of aliphatic hydroxyl groups is 1. The molecule has 0 aliphatic rings. The Morgan fingerprint density at radius 3 is 2.26 bits per heavy atom. The molecule has 0 saturated heterocycles. The Kier molecular flexibility index (Phi) is 11.4. The molecule has 3 aromatic carbocycles. The lowest BCUT2D eigenvalue weighted by molar-refractivity contribution is -0.148. The van der Waals surface area contributed by atoms with Gasteiger partial charge in [-0.25, -0.2) is 17.9 Å². The molecule has 0 unspecified atom stereocenters. The number of aryl methyl sites for hydroxylation is 1. The summed E-state index contributed by atoms with van der Waals surface area (Å²) >= 11 is 0. The highest BCUT2D eigenvalue weighted by Crippen LogP contribution is 2.29. The predicted octanol–water partition coefficient (Wildman–Crippen LogP) is 2.79. The van der Waals surface area contributed by atoms with Crippen molar-refractivity contribution < 1.29 is 37.8 Å². The van der Waals surface area contributed by atoms with Gasteiger partial charge in [0.05, 0.1) is 17.5 Å². The Labute approximate surface area is 267 Å². The second-order valence-corrected chi connectivity index (χ2v) is 12.3. The van der Waals surface area contributed by atoms with E-state index >= 15 is 0 Å². The van der Waals surface area contributed by atoms with E-state index in [-0.39, 0.29) is 23.6 Å². The maximum absolute atomic E-state index is 13.4. The molecule has 46 heavy (non-hydrogen) atoms. The van der Waals surface area contributed by atoms with Crippen LogP contribution in [0.2, 0.25) is 0 Å². The van der Waals surface area contributed by atoms with Crippen molar-refractivity contribution in [2.24, 2.45) is 0 Å².